The zero-order valence-electron chi connectivity index (χ0n) is 11.0. The lowest BCUT2D eigenvalue weighted by Crippen LogP contribution is -1.97. The fourth-order valence-electron chi connectivity index (χ4n) is 1.56. The largest absolute Gasteiger partial charge is 0.0683 e. The van der Waals surface area contributed by atoms with Crippen molar-refractivity contribution in [2.45, 2.75) is 53.4 Å². The van der Waals surface area contributed by atoms with Crippen LogP contribution < -0.4 is 0 Å². The third kappa shape index (κ3) is 5.06. The van der Waals surface area contributed by atoms with Crippen molar-refractivity contribution in [2.24, 2.45) is 0 Å². The maximum absolute atomic E-state index is 2.25. The van der Waals surface area contributed by atoms with Gasteiger partial charge in [-0.2, -0.15) is 0 Å². The molecule has 1 aromatic carbocycles. The maximum Gasteiger partial charge on any atom is 0 e. The molecule has 0 heterocycles. The summed E-state index contributed by atoms with van der Waals surface area (Å²) < 4.78 is 0. The van der Waals surface area contributed by atoms with E-state index in [0.29, 0.717) is 11.8 Å². The van der Waals surface area contributed by atoms with Gasteiger partial charge in [-0.1, -0.05) is 65.8 Å². The standard InChI is InChI=1S/C12H18.C2H6.B/c1-9(2)11-7-5-6-8-12(11)10(3)4;1-2;/h5-10H,1-4H3;1-2H3;. The van der Waals surface area contributed by atoms with Crippen LogP contribution >= 0.6 is 0 Å². The molecular formula is C14H24B. The normalized spacial score (nSPS) is 9.33. The quantitative estimate of drug-likeness (QED) is 0.617. The highest BCUT2D eigenvalue weighted by molar-refractivity contribution is 5.75. The van der Waals surface area contributed by atoms with Gasteiger partial charge in [-0.25, -0.2) is 0 Å². The van der Waals surface area contributed by atoms with Gasteiger partial charge in [0.05, 0.1) is 0 Å². The second kappa shape index (κ2) is 8.58. The predicted octanol–water partition coefficient (Wildman–Crippen LogP) is 4.58. The third-order valence-corrected chi connectivity index (χ3v) is 2.24. The Bertz CT molecular complexity index is 224. The van der Waals surface area contributed by atoms with E-state index in [4.69, 9.17) is 0 Å². The van der Waals surface area contributed by atoms with Crippen LogP contribution in [0.5, 0.6) is 0 Å². The van der Waals surface area contributed by atoms with Gasteiger partial charge in [0.2, 0.25) is 0 Å². The molecule has 0 atom stereocenters. The van der Waals surface area contributed by atoms with Gasteiger partial charge in [0, 0.05) is 8.41 Å². The first kappa shape index (κ1) is 16.7. The molecule has 0 aliphatic carbocycles. The van der Waals surface area contributed by atoms with E-state index in [2.05, 4.69) is 52.0 Å². The molecule has 1 heteroatoms. The summed E-state index contributed by atoms with van der Waals surface area (Å²) in [5.41, 5.74) is 2.99. The molecular weight excluding hydrogens is 179 g/mol. The SMILES string of the molecule is CC.CC(C)c1ccccc1C(C)C.[B]. The van der Waals surface area contributed by atoms with E-state index < -0.39 is 0 Å². The molecule has 0 saturated heterocycles. The molecule has 15 heavy (non-hydrogen) atoms. The molecule has 1 rings (SSSR count). The lowest BCUT2D eigenvalue weighted by Gasteiger charge is -2.14. The number of hydrogen-bond donors (Lipinski definition) is 0. The molecule has 0 aliphatic rings. The Labute approximate surface area is 97.7 Å². The average Bonchev–Trinajstić information content (AvgIpc) is 2.20. The molecule has 0 unspecified atom stereocenters. The van der Waals surface area contributed by atoms with Crippen LogP contribution in [0.3, 0.4) is 0 Å². The van der Waals surface area contributed by atoms with Crippen molar-refractivity contribution >= 4 is 8.41 Å². The highest BCUT2D eigenvalue weighted by Crippen LogP contribution is 2.25. The minimum Gasteiger partial charge on any atom is -0.0683 e. The molecule has 0 bridgehead atoms. The van der Waals surface area contributed by atoms with Gasteiger partial charge in [-0.05, 0) is 23.0 Å². The molecule has 83 valence electrons. The summed E-state index contributed by atoms with van der Waals surface area (Å²) in [4.78, 5) is 0. The first-order chi connectivity index (χ1) is 6.63. The molecule has 0 N–H and O–H groups in total. The van der Waals surface area contributed by atoms with Crippen LogP contribution in [0.15, 0.2) is 24.3 Å². The van der Waals surface area contributed by atoms with E-state index in [-0.39, 0.29) is 8.41 Å². The highest BCUT2D eigenvalue weighted by atomic mass is 14.1. The number of benzene rings is 1. The second-order valence-electron chi connectivity index (χ2n) is 3.94. The summed E-state index contributed by atoms with van der Waals surface area (Å²) in [7, 11) is 0. The van der Waals surface area contributed by atoms with Gasteiger partial charge in [0.25, 0.3) is 0 Å². The van der Waals surface area contributed by atoms with E-state index in [1.54, 1.807) is 0 Å². The Balaban J connectivity index is 0. The first-order valence-electron chi connectivity index (χ1n) is 5.71. The Kier molecular flexibility index (Phi) is 9.56. The van der Waals surface area contributed by atoms with Gasteiger partial charge in [0.15, 0.2) is 0 Å². The van der Waals surface area contributed by atoms with Crippen molar-refractivity contribution in [3.05, 3.63) is 35.4 Å². The highest BCUT2D eigenvalue weighted by Gasteiger charge is 2.07. The van der Waals surface area contributed by atoms with E-state index >= 15 is 0 Å². The molecule has 0 nitrogen and oxygen atoms in total. The summed E-state index contributed by atoms with van der Waals surface area (Å²) in [6.07, 6.45) is 0. The Morgan fingerprint density at radius 3 is 1.20 bits per heavy atom. The Morgan fingerprint density at radius 1 is 0.733 bits per heavy atom. The number of hydrogen-bond acceptors (Lipinski definition) is 0. The fraction of sp³-hybridized carbons (Fsp3) is 0.571. The van der Waals surface area contributed by atoms with Gasteiger partial charge < -0.3 is 0 Å². The third-order valence-electron chi connectivity index (χ3n) is 2.24. The van der Waals surface area contributed by atoms with Crippen molar-refractivity contribution in [3.8, 4) is 0 Å². The van der Waals surface area contributed by atoms with E-state index in [1.807, 2.05) is 13.8 Å². The van der Waals surface area contributed by atoms with E-state index in [9.17, 15) is 0 Å². The zero-order valence-corrected chi connectivity index (χ0v) is 11.0. The van der Waals surface area contributed by atoms with Crippen LogP contribution in [0.2, 0.25) is 0 Å². The van der Waals surface area contributed by atoms with E-state index in [1.165, 1.54) is 11.1 Å². The Hall–Kier alpha value is -0.715. The predicted molar refractivity (Wildman–Crippen MR) is 71.7 cm³/mol. The Morgan fingerprint density at radius 2 is 1.00 bits per heavy atom. The van der Waals surface area contributed by atoms with Crippen LogP contribution in [0, 0.1) is 0 Å². The zero-order chi connectivity index (χ0) is 11.1. The molecule has 0 saturated carbocycles. The fourth-order valence-corrected chi connectivity index (χ4v) is 1.56. The average molecular weight is 203 g/mol. The number of rotatable bonds is 2. The van der Waals surface area contributed by atoms with Crippen LogP contribution in [-0.4, -0.2) is 8.41 Å². The van der Waals surface area contributed by atoms with Gasteiger partial charge in [-0.3, -0.25) is 0 Å². The van der Waals surface area contributed by atoms with Crippen LogP contribution in [0.4, 0.5) is 0 Å². The summed E-state index contributed by atoms with van der Waals surface area (Å²) in [6, 6.07) is 8.72. The minimum atomic E-state index is 0. The molecule has 0 aromatic heterocycles. The van der Waals surface area contributed by atoms with Crippen molar-refractivity contribution in [1.29, 1.82) is 0 Å². The van der Waals surface area contributed by atoms with Gasteiger partial charge >= 0.3 is 0 Å². The van der Waals surface area contributed by atoms with Gasteiger partial charge in [0.1, 0.15) is 0 Å². The van der Waals surface area contributed by atoms with Gasteiger partial charge in [-0.15, -0.1) is 0 Å². The summed E-state index contributed by atoms with van der Waals surface area (Å²) in [5.74, 6) is 1.28. The van der Waals surface area contributed by atoms with E-state index in [0.717, 1.165) is 0 Å². The molecule has 3 radical (unpaired) electrons. The van der Waals surface area contributed by atoms with Crippen LogP contribution in [-0.2, 0) is 0 Å². The smallest absolute Gasteiger partial charge is 0 e. The summed E-state index contributed by atoms with van der Waals surface area (Å²) >= 11 is 0. The van der Waals surface area contributed by atoms with Crippen molar-refractivity contribution < 1.29 is 0 Å². The molecule has 0 amide bonds. The van der Waals surface area contributed by atoms with Crippen molar-refractivity contribution in [1.82, 2.24) is 0 Å². The first-order valence-corrected chi connectivity index (χ1v) is 5.71. The van der Waals surface area contributed by atoms with Crippen molar-refractivity contribution in [2.75, 3.05) is 0 Å². The monoisotopic (exact) mass is 203 g/mol. The lowest BCUT2D eigenvalue weighted by atomic mass is 9.91. The summed E-state index contributed by atoms with van der Waals surface area (Å²) in [5, 5.41) is 0. The maximum atomic E-state index is 2.25. The molecule has 0 fully saturated rings. The molecule has 0 spiro atoms. The summed E-state index contributed by atoms with van der Waals surface area (Å²) in [6.45, 7) is 13.0. The van der Waals surface area contributed by atoms with Crippen molar-refractivity contribution in [3.63, 3.8) is 0 Å². The van der Waals surface area contributed by atoms with Crippen LogP contribution in [0.25, 0.3) is 0 Å². The second-order valence-corrected chi connectivity index (χ2v) is 3.94. The molecule has 0 aliphatic heterocycles. The topological polar surface area (TPSA) is 0 Å². The molecule has 1 aromatic rings. The lowest BCUT2D eigenvalue weighted by molar-refractivity contribution is 0.790. The minimum absolute atomic E-state index is 0. The van der Waals surface area contributed by atoms with Crippen LogP contribution in [0.1, 0.15) is 64.5 Å².